The Morgan fingerprint density at radius 1 is 1.32 bits per heavy atom. The van der Waals surface area contributed by atoms with E-state index in [0.29, 0.717) is 11.9 Å². The molecule has 0 bridgehead atoms. The van der Waals surface area contributed by atoms with Gasteiger partial charge in [0.05, 0.1) is 6.04 Å². The predicted octanol–water partition coefficient (Wildman–Crippen LogP) is 1.31. The normalized spacial score (nSPS) is 22.2. The molecule has 2 N–H and O–H groups in total. The van der Waals surface area contributed by atoms with Crippen molar-refractivity contribution < 1.29 is 0 Å². The first-order chi connectivity index (χ1) is 8.97. The van der Waals surface area contributed by atoms with E-state index in [2.05, 4.69) is 33.7 Å². The molecule has 0 unspecified atom stereocenters. The lowest BCUT2D eigenvalue weighted by molar-refractivity contribution is 0.134. The van der Waals surface area contributed by atoms with Gasteiger partial charge >= 0.3 is 0 Å². The van der Waals surface area contributed by atoms with Crippen molar-refractivity contribution in [1.82, 2.24) is 19.9 Å². The van der Waals surface area contributed by atoms with E-state index >= 15 is 0 Å². The highest BCUT2D eigenvalue weighted by Gasteiger charge is 2.24. The van der Waals surface area contributed by atoms with Gasteiger partial charge in [0, 0.05) is 20.6 Å². The maximum absolute atomic E-state index is 5.78. The van der Waals surface area contributed by atoms with Crippen LogP contribution in [0.1, 0.15) is 38.6 Å². The lowest BCUT2D eigenvalue weighted by Crippen LogP contribution is -2.37. The first kappa shape index (κ1) is 14.0. The fraction of sp³-hybridized carbons (Fsp3) is 0.769. The van der Waals surface area contributed by atoms with Crippen molar-refractivity contribution in [3.8, 4) is 0 Å². The summed E-state index contributed by atoms with van der Waals surface area (Å²) in [6.07, 6.45) is 2.55. The van der Waals surface area contributed by atoms with E-state index in [9.17, 15) is 0 Å². The summed E-state index contributed by atoms with van der Waals surface area (Å²) in [5, 5.41) is 0. The van der Waals surface area contributed by atoms with Gasteiger partial charge in [0.1, 0.15) is 0 Å². The SMILES string of the molecule is C[C@H]1CCCN([C@H](C)c2nc(N)nc(N(C)C)n2)C1. The second-order valence-corrected chi connectivity index (χ2v) is 5.66. The second kappa shape index (κ2) is 5.69. The van der Waals surface area contributed by atoms with Crippen LogP contribution in [0, 0.1) is 5.92 Å². The van der Waals surface area contributed by atoms with Crippen LogP contribution < -0.4 is 10.6 Å². The van der Waals surface area contributed by atoms with Crippen LogP contribution in [0.5, 0.6) is 0 Å². The van der Waals surface area contributed by atoms with Crippen molar-refractivity contribution in [3.05, 3.63) is 5.82 Å². The molecule has 6 nitrogen and oxygen atoms in total. The van der Waals surface area contributed by atoms with Gasteiger partial charge in [-0.15, -0.1) is 0 Å². The van der Waals surface area contributed by atoms with E-state index in [-0.39, 0.29) is 6.04 Å². The number of nitrogens with zero attached hydrogens (tertiary/aromatic N) is 5. The molecule has 2 heterocycles. The highest BCUT2D eigenvalue weighted by molar-refractivity contribution is 5.33. The first-order valence-electron chi connectivity index (χ1n) is 6.90. The minimum Gasteiger partial charge on any atom is -0.368 e. The third-order valence-corrected chi connectivity index (χ3v) is 3.67. The number of hydrogen-bond donors (Lipinski definition) is 1. The Kier molecular flexibility index (Phi) is 4.19. The summed E-state index contributed by atoms with van der Waals surface area (Å²) in [4.78, 5) is 17.2. The largest absolute Gasteiger partial charge is 0.368 e. The van der Waals surface area contributed by atoms with Crippen LogP contribution in [0.25, 0.3) is 0 Å². The van der Waals surface area contributed by atoms with Crippen molar-refractivity contribution in [1.29, 1.82) is 0 Å². The van der Waals surface area contributed by atoms with Gasteiger partial charge in [-0.1, -0.05) is 6.92 Å². The van der Waals surface area contributed by atoms with Crippen LogP contribution >= 0.6 is 0 Å². The van der Waals surface area contributed by atoms with Crippen molar-refractivity contribution in [2.24, 2.45) is 5.92 Å². The molecule has 1 aromatic heterocycles. The van der Waals surface area contributed by atoms with E-state index in [0.717, 1.165) is 24.8 Å². The zero-order valence-electron chi connectivity index (χ0n) is 12.3. The van der Waals surface area contributed by atoms with Crippen LogP contribution in [0.15, 0.2) is 0 Å². The molecule has 1 fully saturated rings. The van der Waals surface area contributed by atoms with E-state index in [1.54, 1.807) is 0 Å². The maximum Gasteiger partial charge on any atom is 0.229 e. The third kappa shape index (κ3) is 3.32. The van der Waals surface area contributed by atoms with Gasteiger partial charge in [-0.05, 0) is 32.2 Å². The number of anilines is 2. The Balaban J connectivity index is 2.20. The molecule has 1 aliphatic rings. The molecular weight excluding hydrogens is 240 g/mol. The Labute approximate surface area is 115 Å². The molecule has 6 heteroatoms. The number of nitrogen functional groups attached to an aromatic ring is 1. The molecule has 0 aliphatic carbocycles. The molecule has 19 heavy (non-hydrogen) atoms. The molecule has 1 saturated heterocycles. The number of aromatic nitrogens is 3. The van der Waals surface area contributed by atoms with Crippen molar-refractivity contribution >= 4 is 11.9 Å². The summed E-state index contributed by atoms with van der Waals surface area (Å²) in [6, 6.07) is 0.187. The van der Waals surface area contributed by atoms with E-state index in [1.165, 1.54) is 12.8 Å². The molecule has 2 atom stereocenters. The van der Waals surface area contributed by atoms with Crippen LogP contribution in [-0.2, 0) is 0 Å². The fourth-order valence-corrected chi connectivity index (χ4v) is 2.52. The number of rotatable bonds is 3. The van der Waals surface area contributed by atoms with Crippen molar-refractivity contribution in [2.75, 3.05) is 37.8 Å². The molecule has 1 aliphatic heterocycles. The summed E-state index contributed by atoms with van der Waals surface area (Å²) in [6.45, 7) is 6.65. The Hall–Kier alpha value is -1.43. The zero-order chi connectivity index (χ0) is 14.0. The molecule has 0 saturated carbocycles. The van der Waals surface area contributed by atoms with Crippen LogP contribution in [0.3, 0.4) is 0 Å². The van der Waals surface area contributed by atoms with Crippen molar-refractivity contribution in [3.63, 3.8) is 0 Å². The summed E-state index contributed by atoms with van der Waals surface area (Å²) >= 11 is 0. The number of likely N-dealkylation sites (tertiary alicyclic amines) is 1. The number of piperidine rings is 1. The highest BCUT2D eigenvalue weighted by atomic mass is 15.3. The molecule has 1 aromatic rings. The summed E-state index contributed by atoms with van der Waals surface area (Å²) in [5.41, 5.74) is 5.78. The molecule has 0 aromatic carbocycles. The van der Waals surface area contributed by atoms with Crippen LogP contribution in [-0.4, -0.2) is 47.0 Å². The standard InChI is InChI=1S/C13H24N6/c1-9-6-5-7-19(8-9)10(2)11-15-12(14)17-13(16-11)18(3)4/h9-10H,5-8H2,1-4H3,(H2,14,15,16,17)/t9-,10+/m0/s1. The molecular formula is C13H24N6. The summed E-state index contributed by atoms with van der Waals surface area (Å²) < 4.78 is 0. The van der Waals surface area contributed by atoms with Crippen molar-refractivity contribution in [2.45, 2.75) is 32.7 Å². The lowest BCUT2D eigenvalue weighted by Gasteiger charge is -2.34. The zero-order valence-corrected chi connectivity index (χ0v) is 12.3. The Morgan fingerprint density at radius 2 is 2.05 bits per heavy atom. The monoisotopic (exact) mass is 264 g/mol. The topological polar surface area (TPSA) is 71.2 Å². The average Bonchev–Trinajstić information content (AvgIpc) is 2.37. The average molecular weight is 264 g/mol. The first-order valence-corrected chi connectivity index (χ1v) is 6.90. The third-order valence-electron chi connectivity index (χ3n) is 3.67. The van der Waals surface area contributed by atoms with Gasteiger partial charge < -0.3 is 10.6 Å². The van der Waals surface area contributed by atoms with E-state index in [4.69, 9.17) is 5.73 Å². The smallest absolute Gasteiger partial charge is 0.229 e. The van der Waals surface area contributed by atoms with Crippen LogP contribution in [0.4, 0.5) is 11.9 Å². The predicted molar refractivity (Wildman–Crippen MR) is 77.0 cm³/mol. The van der Waals surface area contributed by atoms with Gasteiger partial charge in [0.15, 0.2) is 5.82 Å². The lowest BCUT2D eigenvalue weighted by atomic mass is 9.99. The Bertz CT molecular complexity index is 433. The van der Waals surface area contributed by atoms with Gasteiger partial charge in [0.25, 0.3) is 0 Å². The molecule has 2 rings (SSSR count). The number of nitrogens with two attached hydrogens (primary N) is 1. The molecule has 106 valence electrons. The van der Waals surface area contributed by atoms with Crippen LogP contribution in [0.2, 0.25) is 0 Å². The van der Waals surface area contributed by atoms with Gasteiger partial charge in [0.2, 0.25) is 11.9 Å². The molecule has 0 spiro atoms. The van der Waals surface area contributed by atoms with Gasteiger partial charge in [-0.25, -0.2) is 0 Å². The fourth-order valence-electron chi connectivity index (χ4n) is 2.52. The van der Waals surface area contributed by atoms with E-state index < -0.39 is 0 Å². The summed E-state index contributed by atoms with van der Waals surface area (Å²) in [5.74, 6) is 2.43. The Morgan fingerprint density at radius 3 is 2.68 bits per heavy atom. The maximum atomic E-state index is 5.78. The van der Waals surface area contributed by atoms with Gasteiger partial charge in [-0.2, -0.15) is 15.0 Å². The van der Waals surface area contributed by atoms with E-state index in [1.807, 2.05) is 19.0 Å². The second-order valence-electron chi connectivity index (χ2n) is 5.66. The minimum absolute atomic E-state index is 0.187. The molecule has 0 amide bonds. The highest BCUT2D eigenvalue weighted by Crippen LogP contribution is 2.25. The minimum atomic E-state index is 0.187. The quantitative estimate of drug-likeness (QED) is 0.887. The summed E-state index contributed by atoms with van der Waals surface area (Å²) in [7, 11) is 3.82. The number of hydrogen-bond acceptors (Lipinski definition) is 6. The van der Waals surface area contributed by atoms with Gasteiger partial charge in [-0.3, -0.25) is 4.90 Å². The molecule has 0 radical (unpaired) electrons.